The Morgan fingerprint density at radius 1 is 1.03 bits per heavy atom. The summed E-state index contributed by atoms with van der Waals surface area (Å²) in [4.78, 5) is 32.1. The summed E-state index contributed by atoms with van der Waals surface area (Å²) in [5, 5.41) is 7.86. The smallest absolute Gasteiger partial charge is 0.326 e. The van der Waals surface area contributed by atoms with Crippen LogP contribution in [0.15, 0.2) is 74.9 Å². The molecule has 2 aromatic heterocycles. The molecule has 0 saturated carbocycles. The number of imidazole rings is 1. The number of piperidine rings is 2. The summed E-state index contributed by atoms with van der Waals surface area (Å²) in [6, 6.07) is 20.3. The maximum Gasteiger partial charge on any atom is 0.326 e. The third kappa shape index (κ3) is 5.99. The van der Waals surface area contributed by atoms with E-state index in [4.69, 9.17) is 4.52 Å². The first kappa shape index (κ1) is 26.0. The molecule has 2 N–H and O–H groups in total. The molecule has 2 aliphatic rings. The normalized spacial score (nSPS) is 20.5. The maximum atomic E-state index is 13.4. The molecule has 0 bridgehead atoms. The van der Waals surface area contributed by atoms with Crippen LogP contribution in [0.1, 0.15) is 43.2 Å². The zero-order chi connectivity index (χ0) is 26.6. The van der Waals surface area contributed by atoms with E-state index in [-0.39, 0.29) is 17.6 Å². The highest BCUT2D eigenvalue weighted by Crippen LogP contribution is 2.30. The lowest BCUT2D eigenvalue weighted by atomic mass is 9.81. The van der Waals surface area contributed by atoms with Crippen LogP contribution in [0.2, 0.25) is 0 Å². The van der Waals surface area contributed by atoms with Gasteiger partial charge in [-0.1, -0.05) is 35.5 Å². The number of nitrogens with zero attached hydrogens (tertiary/aromatic N) is 3. The van der Waals surface area contributed by atoms with Gasteiger partial charge in [-0.2, -0.15) is 0 Å². The summed E-state index contributed by atoms with van der Waals surface area (Å²) in [6.45, 7) is 3.22. The van der Waals surface area contributed by atoms with Crippen molar-refractivity contribution in [1.82, 2.24) is 24.9 Å². The molecular weight excluding hydrogens is 510 g/mol. The highest BCUT2D eigenvalue weighted by molar-refractivity contribution is 7.98. The summed E-state index contributed by atoms with van der Waals surface area (Å²) in [6.07, 6.45) is 3.97. The second-order valence-corrected chi connectivity index (χ2v) is 11.8. The molecule has 0 radical (unpaired) electrons. The predicted octanol–water partition coefficient (Wildman–Crippen LogP) is 4.63. The molecule has 2 aromatic carbocycles. The number of aromatic nitrogens is 3. The van der Waals surface area contributed by atoms with Gasteiger partial charge in [-0.05, 0) is 74.9 Å². The van der Waals surface area contributed by atoms with E-state index in [2.05, 4.69) is 33.7 Å². The average Bonchev–Trinajstić information content (AvgIpc) is 3.56. The van der Waals surface area contributed by atoms with Crippen molar-refractivity contribution >= 4 is 28.7 Å². The van der Waals surface area contributed by atoms with E-state index in [1.165, 1.54) is 4.90 Å². The number of amides is 1. The van der Waals surface area contributed by atoms with Crippen molar-refractivity contribution in [3.63, 3.8) is 0 Å². The molecular formula is C30H35N5O3S. The molecule has 4 heterocycles. The third-order valence-corrected chi connectivity index (χ3v) is 9.25. The van der Waals surface area contributed by atoms with E-state index in [0.29, 0.717) is 31.3 Å². The lowest BCUT2D eigenvalue weighted by Crippen LogP contribution is -2.44. The molecule has 0 unspecified atom stereocenters. The van der Waals surface area contributed by atoms with Crippen molar-refractivity contribution in [3.05, 3.63) is 82.6 Å². The molecule has 6 rings (SSSR count). The number of carbonyl (C=O) groups is 1. The molecule has 2 atom stereocenters. The van der Waals surface area contributed by atoms with Crippen molar-refractivity contribution < 1.29 is 9.32 Å². The van der Waals surface area contributed by atoms with E-state index >= 15 is 0 Å². The van der Waals surface area contributed by atoms with Crippen LogP contribution in [0.3, 0.4) is 0 Å². The zero-order valence-electron chi connectivity index (χ0n) is 22.1. The largest absolute Gasteiger partial charge is 0.360 e. The molecule has 8 nitrogen and oxygen atoms in total. The first-order valence-electron chi connectivity index (χ1n) is 13.9. The molecule has 2 aliphatic heterocycles. The monoisotopic (exact) mass is 545 g/mol. The standard InChI is InChI=1S/C30H35N5O3S/c36-29(34-14-11-24(12-15-34)35-28-9-5-4-8-27(28)32-30(35)37)17-21-10-13-31-19-22(21)16-23-18-25(38-33-23)20-39-26-6-2-1-3-7-26/h1-9,18,21-22,24,31H,10-17,19-20H2,(H,32,37)/t21-,22-/m0/s1. The molecule has 2 saturated heterocycles. The Bertz CT molecular complexity index is 1450. The van der Waals surface area contributed by atoms with Gasteiger partial charge in [0.15, 0.2) is 0 Å². The van der Waals surface area contributed by atoms with Gasteiger partial charge in [0.1, 0.15) is 5.76 Å². The van der Waals surface area contributed by atoms with Crippen molar-refractivity contribution in [2.24, 2.45) is 11.8 Å². The van der Waals surface area contributed by atoms with Gasteiger partial charge < -0.3 is 19.7 Å². The van der Waals surface area contributed by atoms with Crippen LogP contribution in [-0.2, 0) is 17.0 Å². The quantitative estimate of drug-likeness (QED) is 0.314. The maximum absolute atomic E-state index is 13.4. The van der Waals surface area contributed by atoms with Gasteiger partial charge in [0.25, 0.3) is 0 Å². The summed E-state index contributed by atoms with van der Waals surface area (Å²) >= 11 is 1.74. The minimum atomic E-state index is -0.0619. The third-order valence-electron chi connectivity index (χ3n) is 8.21. The number of carbonyl (C=O) groups excluding carboxylic acids is 1. The summed E-state index contributed by atoms with van der Waals surface area (Å²) in [5.41, 5.74) is 2.72. The van der Waals surface area contributed by atoms with Crippen molar-refractivity contribution in [3.8, 4) is 0 Å². The minimum absolute atomic E-state index is 0.0619. The molecule has 1 amide bonds. The molecule has 4 aromatic rings. The highest BCUT2D eigenvalue weighted by atomic mass is 32.2. The van der Waals surface area contributed by atoms with Gasteiger partial charge >= 0.3 is 5.69 Å². The van der Waals surface area contributed by atoms with Crippen LogP contribution in [0, 0.1) is 11.8 Å². The van der Waals surface area contributed by atoms with Crippen molar-refractivity contribution in [2.45, 2.75) is 48.8 Å². The number of fused-ring (bicyclic) bond motifs is 1. The second kappa shape index (κ2) is 11.8. The number of H-pyrrole nitrogens is 1. The van der Waals surface area contributed by atoms with E-state index in [1.807, 2.05) is 51.9 Å². The molecule has 204 valence electrons. The fraction of sp³-hybridized carbons (Fsp3) is 0.433. The minimum Gasteiger partial charge on any atom is -0.360 e. The van der Waals surface area contributed by atoms with E-state index in [0.717, 1.165) is 67.0 Å². The summed E-state index contributed by atoms with van der Waals surface area (Å²) < 4.78 is 7.50. The van der Waals surface area contributed by atoms with Gasteiger partial charge in [0.05, 0.1) is 22.5 Å². The van der Waals surface area contributed by atoms with Crippen molar-refractivity contribution in [1.29, 1.82) is 0 Å². The SMILES string of the molecule is O=C(C[C@@H]1CCNC[C@@H]1Cc1cc(CSc2ccccc2)on1)N1CCC(n2c(=O)[nH]c3ccccc32)CC1. The summed E-state index contributed by atoms with van der Waals surface area (Å²) in [7, 11) is 0. The van der Waals surface area contributed by atoms with Crippen LogP contribution < -0.4 is 11.0 Å². The lowest BCUT2D eigenvalue weighted by Gasteiger charge is -2.36. The molecule has 9 heteroatoms. The molecule has 2 fully saturated rings. The fourth-order valence-electron chi connectivity index (χ4n) is 6.11. The first-order valence-corrected chi connectivity index (χ1v) is 14.9. The summed E-state index contributed by atoms with van der Waals surface area (Å²) in [5.74, 6) is 2.54. The topological polar surface area (TPSA) is 96.2 Å². The molecule has 0 spiro atoms. The van der Waals surface area contributed by atoms with Crippen molar-refractivity contribution in [2.75, 3.05) is 26.2 Å². The lowest BCUT2D eigenvalue weighted by molar-refractivity contribution is -0.134. The molecule has 39 heavy (non-hydrogen) atoms. The zero-order valence-corrected chi connectivity index (χ0v) is 22.9. The van der Waals surface area contributed by atoms with Crippen LogP contribution in [0.25, 0.3) is 11.0 Å². The molecule has 0 aliphatic carbocycles. The number of hydrogen-bond donors (Lipinski definition) is 2. The van der Waals surface area contributed by atoms with Gasteiger partial charge in [0, 0.05) is 36.5 Å². The number of nitrogens with one attached hydrogen (secondary N) is 2. The van der Waals surface area contributed by atoms with E-state index in [1.54, 1.807) is 11.8 Å². The Balaban J connectivity index is 1.03. The van der Waals surface area contributed by atoms with Crippen LogP contribution in [0.4, 0.5) is 0 Å². The Morgan fingerprint density at radius 2 is 1.82 bits per heavy atom. The average molecular weight is 546 g/mol. The number of aromatic amines is 1. The van der Waals surface area contributed by atoms with Gasteiger partial charge in [-0.15, -0.1) is 11.8 Å². The van der Waals surface area contributed by atoms with Gasteiger partial charge in [-0.25, -0.2) is 4.79 Å². The van der Waals surface area contributed by atoms with Crippen LogP contribution in [0.5, 0.6) is 0 Å². The number of hydrogen-bond acceptors (Lipinski definition) is 6. The number of likely N-dealkylation sites (tertiary alicyclic amines) is 1. The number of benzene rings is 2. The number of para-hydroxylation sites is 2. The van der Waals surface area contributed by atoms with Gasteiger partial charge in [0.2, 0.25) is 5.91 Å². The van der Waals surface area contributed by atoms with E-state index in [9.17, 15) is 9.59 Å². The Hall–Kier alpha value is -3.30. The van der Waals surface area contributed by atoms with Gasteiger partial charge in [-0.3, -0.25) is 9.36 Å². The number of rotatable bonds is 8. The van der Waals surface area contributed by atoms with E-state index < -0.39 is 0 Å². The Labute approximate surface area is 232 Å². The second-order valence-electron chi connectivity index (χ2n) is 10.7. The predicted molar refractivity (Wildman–Crippen MR) is 153 cm³/mol. The first-order chi connectivity index (χ1) is 19.1. The Morgan fingerprint density at radius 3 is 2.67 bits per heavy atom. The number of thioether (sulfide) groups is 1. The van der Waals surface area contributed by atoms with Crippen LogP contribution in [-0.4, -0.2) is 51.7 Å². The fourth-order valence-corrected chi connectivity index (χ4v) is 6.90. The Kier molecular flexibility index (Phi) is 7.88. The highest BCUT2D eigenvalue weighted by Gasteiger charge is 2.32. The van der Waals surface area contributed by atoms with Crippen LogP contribution >= 0.6 is 11.8 Å².